The number of benzene rings is 1. The molecule has 162 valence electrons. The lowest BCUT2D eigenvalue weighted by Crippen LogP contribution is -2.47. The van der Waals surface area contributed by atoms with Crippen LogP contribution in [0.5, 0.6) is 0 Å². The van der Waals surface area contributed by atoms with Crippen LogP contribution in [-0.2, 0) is 11.3 Å². The molecular weight excluding hydrogens is 374 g/mol. The summed E-state index contributed by atoms with van der Waals surface area (Å²) in [6, 6.07) is 9.44. The third kappa shape index (κ3) is 5.77. The molecular formula is C24H35N5O. The number of carbonyl (C=O) groups is 1. The van der Waals surface area contributed by atoms with Crippen molar-refractivity contribution in [1.82, 2.24) is 16.0 Å². The third-order valence-electron chi connectivity index (χ3n) is 6.19. The predicted molar refractivity (Wildman–Crippen MR) is 123 cm³/mol. The van der Waals surface area contributed by atoms with Crippen molar-refractivity contribution in [2.24, 2.45) is 10.9 Å². The van der Waals surface area contributed by atoms with E-state index in [0.717, 1.165) is 64.1 Å². The number of nitrogens with one attached hydrogen (secondary N) is 3. The molecule has 3 aliphatic rings. The van der Waals surface area contributed by atoms with Gasteiger partial charge in [0.25, 0.3) is 0 Å². The molecule has 30 heavy (non-hydrogen) atoms. The number of nitrogens with zero attached hydrogens (tertiary/aromatic N) is 2. The highest BCUT2D eigenvalue weighted by Gasteiger charge is 2.31. The van der Waals surface area contributed by atoms with Gasteiger partial charge in [0.05, 0.1) is 6.54 Å². The van der Waals surface area contributed by atoms with Crippen LogP contribution in [0, 0.1) is 5.92 Å². The molecule has 3 N–H and O–H groups in total. The molecule has 0 saturated heterocycles. The van der Waals surface area contributed by atoms with Gasteiger partial charge in [-0.1, -0.05) is 30.7 Å². The summed E-state index contributed by atoms with van der Waals surface area (Å²) in [6.45, 7) is 5.54. The Bertz CT molecular complexity index is 760. The summed E-state index contributed by atoms with van der Waals surface area (Å²) in [5.41, 5.74) is 2.46. The van der Waals surface area contributed by atoms with Gasteiger partial charge in [0.15, 0.2) is 5.96 Å². The van der Waals surface area contributed by atoms with Gasteiger partial charge >= 0.3 is 0 Å². The maximum absolute atomic E-state index is 12.4. The quantitative estimate of drug-likeness (QED) is 0.368. The van der Waals surface area contributed by atoms with Crippen molar-refractivity contribution in [2.75, 3.05) is 24.5 Å². The van der Waals surface area contributed by atoms with Crippen LogP contribution < -0.4 is 20.9 Å². The Labute approximate surface area is 180 Å². The van der Waals surface area contributed by atoms with E-state index in [0.29, 0.717) is 18.6 Å². The lowest BCUT2D eigenvalue weighted by atomic mass is 9.85. The van der Waals surface area contributed by atoms with Crippen molar-refractivity contribution in [3.63, 3.8) is 0 Å². The molecule has 6 heteroatoms. The molecule has 2 fully saturated rings. The fourth-order valence-electron chi connectivity index (χ4n) is 4.29. The minimum absolute atomic E-state index is 0.132. The van der Waals surface area contributed by atoms with E-state index in [1.54, 1.807) is 0 Å². The standard InChI is InChI=1S/C24H35N5O/c1-2-25-24(26-17-18-8-12-22(13-9-18)29-14-3-4-15-29)28-21-7-5-6-19(16-21)23(30)27-20-10-11-20/h3-4,8-9,12-13,19-21H,2,5-7,10-11,14-17H2,1H3,(H,27,30)(H2,25,26,28). The van der Waals surface area contributed by atoms with E-state index in [1.807, 2.05) is 0 Å². The van der Waals surface area contributed by atoms with Crippen LogP contribution >= 0.6 is 0 Å². The molecule has 1 aromatic carbocycles. The molecule has 0 radical (unpaired) electrons. The van der Waals surface area contributed by atoms with Gasteiger partial charge in [-0.2, -0.15) is 0 Å². The largest absolute Gasteiger partial charge is 0.364 e. The smallest absolute Gasteiger partial charge is 0.223 e. The van der Waals surface area contributed by atoms with E-state index < -0.39 is 0 Å². The Morgan fingerprint density at radius 2 is 1.80 bits per heavy atom. The highest BCUT2D eigenvalue weighted by Crippen LogP contribution is 2.27. The van der Waals surface area contributed by atoms with Crippen molar-refractivity contribution in [2.45, 2.75) is 64.1 Å². The molecule has 2 atom stereocenters. The molecule has 2 aliphatic carbocycles. The van der Waals surface area contributed by atoms with Gasteiger partial charge in [-0.05, 0) is 56.7 Å². The molecule has 0 aromatic heterocycles. The topological polar surface area (TPSA) is 68.8 Å². The maximum atomic E-state index is 12.4. The summed E-state index contributed by atoms with van der Waals surface area (Å²) in [5, 5.41) is 10.1. The lowest BCUT2D eigenvalue weighted by Gasteiger charge is -2.30. The zero-order valence-corrected chi connectivity index (χ0v) is 18.1. The molecule has 0 bridgehead atoms. The van der Waals surface area contributed by atoms with Gasteiger partial charge in [0.1, 0.15) is 0 Å². The molecule has 1 amide bonds. The number of aliphatic imine (C=N–C) groups is 1. The van der Waals surface area contributed by atoms with Crippen molar-refractivity contribution in [3.8, 4) is 0 Å². The minimum Gasteiger partial charge on any atom is -0.364 e. The number of guanidine groups is 1. The number of amides is 1. The Morgan fingerprint density at radius 1 is 1.03 bits per heavy atom. The van der Waals surface area contributed by atoms with Gasteiger partial charge in [0.2, 0.25) is 5.91 Å². The first-order chi connectivity index (χ1) is 14.7. The van der Waals surface area contributed by atoms with E-state index >= 15 is 0 Å². The highest BCUT2D eigenvalue weighted by molar-refractivity contribution is 5.81. The summed E-state index contributed by atoms with van der Waals surface area (Å²) in [4.78, 5) is 19.6. The first-order valence-electron chi connectivity index (χ1n) is 11.6. The second-order valence-electron chi connectivity index (χ2n) is 8.73. The molecule has 1 aromatic rings. The average Bonchev–Trinajstić information content (AvgIpc) is 3.41. The van der Waals surface area contributed by atoms with E-state index in [9.17, 15) is 4.79 Å². The number of carbonyl (C=O) groups excluding carboxylic acids is 1. The first kappa shape index (κ1) is 20.8. The minimum atomic E-state index is 0.132. The number of hydrogen-bond acceptors (Lipinski definition) is 3. The van der Waals surface area contributed by atoms with E-state index in [2.05, 4.69) is 64.2 Å². The molecule has 6 nitrogen and oxygen atoms in total. The van der Waals surface area contributed by atoms with Crippen LogP contribution in [0.3, 0.4) is 0 Å². The molecule has 1 heterocycles. The van der Waals surface area contributed by atoms with Crippen molar-refractivity contribution >= 4 is 17.6 Å². The summed E-state index contributed by atoms with van der Waals surface area (Å²) in [5.74, 6) is 1.23. The highest BCUT2D eigenvalue weighted by atomic mass is 16.2. The second-order valence-corrected chi connectivity index (χ2v) is 8.73. The molecule has 1 aliphatic heterocycles. The van der Waals surface area contributed by atoms with Crippen molar-refractivity contribution in [1.29, 1.82) is 0 Å². The van der Waals surface area contributed by atoms with Crippen LogP contribution in [0.25, 0.3) is 0 Å². The average molecular weight is 410 g/mol. The molecule has 2 saturated carbocycles. The van der Waals surface area contributed by atoms with Crippen LogP contribution in [0.15, 0.2) is 41.4 Å². The first-order valence-corrected chi connectivity index (χ1v) is 11.6. The second kappa shape index (κ2) is 10.0. The molecule has 2 unspecified atom stereocenters. The Kier molecular flexibility index (Phi) is 6.92. The van der Waals surface area contributed by atoms with E-state index in [-0.39, 0.29) is 11.8 Å². The SMILES string of the molecule is CCNC(=NCc1ccc(N2CC=CC2)cc1)NC1CCCC(C(=O)NC2CC2)C1. The van der Waals surface area contributed by atoms with E-state index in [4.69, 9.17) is 4.99 Å². The number of hydrogen-bond donors (Lipinski definition) is 3. The van der Waals surface area contributed by atoms with Gasteiger partial charge in [-0.3, -0.25) is 4.79 Å². The Balaban J connectivity index is 1.31. The van der Waals surface area contributed by atoms with Crippen LogP contribution in [0.2, 0.25) is 0 Å². The Hall–Kier alpha value is -2.50. The van der Waals surface area contributed by atoms with Crippen LogP contribution in [-0.4, -0.2) is 43.6 Å². The van der Waals surface area contributed by atoms with Gasteiger partial charge < -0.3 is 20.9 Å². The van der Waals surface area contributed by atoms with Gasteiger partial charge in [-0.25, -0.2) is 4.99 Å². The normalized spacial score (nSPS) is 24.0. The maximum Gasteiger partial charge on any atom is 0.223 e. The fraction of sp³-hybridized carbons (Fsp3) is 0.583. The van der Waals surface area contributed by atoms with Crippen molar-refractivity contribution in [3.05, 3.63) is 42.0 Å². The molecule has 0 spiro atoms. The van der Waals surface area contributed by atoms with Gasteiger partial charge in [0, 0.05) is 43.3 Å². The monoisotopic (exact) mass is 409 g/mol. The lowest BCUT2D eigenvalue weighted by molar-refractivity contribution is -0.126. The third-order valence-corrected chi connectivity index (χ3v) is 6.19. The number of anilines is 1. The van der Waals surface area contributed by atoms with E-state index in [1.165, 1.54) is 11.3 Å². The fourth-order valence-corrected chi connectivity index (χ4v) is 4.29. The summed E-state index contributed by atoms with van der Waals surface area (Å²) in [6.07, 6.45) is 10.8. The van der Waals surface area contributed by atoms with Crippen molar-refractivity contribution < 1.29 is 4.79 Å². The summed E-state index contributed by atoms with van der Waals surface area (Å²) >= 11 is 0. The van der Waals surface area contributed by atoms with Crippen LogP contribution in [0.4, 0.5) is 5.69 Å². The van der Waals surface area contributed by atoms with Gasteiger partial charge in [-0.15, -0.1) is 0 Å². The molecule has 4 rings (SSSR count). The Morgan fingerprint density at radius 3 is 2.50 bits per heavy atom. The number of rotatable bonds is 7. The zero-order valence-electron chi connectivity index (χ0n) is 18.1. The predicted octanol–water partition coefficient (Wildman–Crippen LogP) is 2.96. The zero-order chi connectivity index (χ0) is 20.8. The van der Waals surface area contributed by atoms with Crippen LogP contribution in [0.1, 0.15) is 51.0 Å². The summed E-state index contributed by atoms with van der Waals surface area (Å²) < 4.78 is 0. The summed E-state index contributed by atoms with van der Waals surface area (Å²) in [7, 11) is 0.